The third kappa shape index (κ3) is 4.77. The normalized spacial score (nSPS) is 19.5. The number of halogens is 1. The van der Waals surface area contributed by atoms with Crippen molar-refractivity contribution in [1.29, 1.82) is 0 Å². The molecular weight excluding hydrogens is 275 g/mol. The number of methoxy groups -OCH3 is 1. The van der Waals surface area contributed by atoms with E-state index in [1.807, 2.05) is 6.07 Å². The molecule has 1 aromatic rings. The molecule has 21 heavy (non-hydrogen) atoms. The molecule has 0 saturated carbocycles. The van der Waals surface area contributed by atoms with E-state index in [2.05, 4.69) is 9.64 Å². The predicted octanol–water partition coefficient (Wildman–Crippen LogP) is 1.05. The van der Waals surface area contributed by atoms with Gasteiger partial charge in [-0.2, -0.15) is 0 Å². The lowest BCUT2D eigenvalue weighted by atomic mass is 10.1. The van der Waals surface area contributed by atoms with Crippen LogP contribution in [0.4, 0.5) is 4.39 Å². The van der Waals surface area contributed by atoms with Crippen molar-refractivity contribution in [2.45, 2.75) is 25.6 Å². The fourth-order valence-electron chi connectivity index (χ4n) is 2.50. The molecule has 2 rings (SSSR count). The van der Waals surface area contributed by atoms with Crippen molar-refractivity contribution in [3.63, 3.8) is 0 Å². The lowest BCUT2D eigenvalue weighted by Gasteiger charge is -2.32. The number of hydrogen-bond acceptors (Lipinski definition) is 5. The maximum absolute atomic E-state index is 13.5. The Balaban J connectivity index is 1.96. The highest BCUT2D eigenvalue weighted by Crippen LogP contribution is 2.15. The van der Waals surface area contributed by atoms with E-state index in [4.69, 9.17) is 10.5 Å². The molecule has 0 bridgehead atoms. The van der Waals surface area contributed by atoms with Gasteiger partial charge >= 0.3 is 5.97 Å². The van der Waals surface area contributed by atoms with Gasteiger partial charge in [-0.15, -0.1) is 0 Å². The van der Waals surface area contributed by atoms with E-state index in [-0.39, 0.29) is 24.3 Å². The van der Waals surface area contributed by atoms with Gasteiger partial charge in [0.15, 0.2) is 0 Å². The molecule has 1 aliphatic rings. The number of rotatable bonds is 5. The van der Waals surface area contributed by atoms with E-state index >= 15 is 0 Å². The molecule has 1 fully saturated rings. The molecule has 0 aromatic heterocycles. The standard InChI is InChI=1S/C15H21FN2O3/c1-20-15(19)7-14-10-18(2-3-21-14)9-12-4-11(8-17)5-13(16)6-12/h4-6,14H,2-3,7-10,17H2,1H3. The Morgan fingerprint density at radius 2 is 2.24 bits per heavy atom. The molecule has 5 nitrogen and oxygen atoms in total. The minimum atomic E-state index is -0.280. The topological polar surface area (TPSA) is 64.8 Å². The first-order chi connectivity index (χ1) is 10.1. The second-order valence-corrected chi connectivity index (χ2v) is 5.18. The summed E-state index contributed by atoms with van der Waals surface area (Å²) in [5, 5.41) is 0. The highest BCUT2D eigenvalue weighted by molar-refractivity contribution is 5.69. The highest BCUT2D eigenvalue weighted by atomic mass is 19.1. The first kappa shape index (κ1) is 15.9. The molecule has 0 amide bonds. The van der Waals surface area contributed by atoms with Crippen LogP contribution in [0, 0.1) is 5.82 Å². The number of carbonyl (C=O) groups excluding carboxylic acids is 1. The van der Waals surface area contributed by atoms with Crippen molar-refractivity contribution in [2.75, 3.05) is 26.8 Å². The first-order valence-corrected chi connectivity index (χ1v) is 7.00. The number of nitrogens with zero attached hydrogens (tertiary/aromatic N) is 1. The molecule has 1 heterocycles. The quantitative estimate of drug-likeness (QED) is 0.823. The molecule has 0 aliphatic carbocycles. The van der Waals surface area contributed by atoms with Gasteiger partial charge in [0, 0.05) is 26.2 Å². The van der Waals surface area contributed by atoms with Crippen LogP contribution in [0.15, 0.2) is 18.2 Å². The average Bonchev–Trinajstić information content (AvgIpc) is 2.46. The summed E-state index contributed by atoms with van der Waals surface area (Å²) in [6.45, 7) is 2.88. The molecule has 0 spiro atoms. The first-order valence-electron chi connectivity index (χ1n) is 7.00. The molecule has 1 atom stereocenters. The van der Waals surface area contributed by atoms with Crippen molar-refractivity contribution >= 4 is 5.97 Å². The molecule has 1 aromatic carbocycles. The summed E-state index contributed by atoms with van der Waals surface area (Å²) < 4.78 is 23.7. The monoisotopic (exact) mass is 296 g/mol. The summed E-state index contributed by atoms with van der Waals surface area (Å²) in [4.78, 5) is 13.4. The Hall–Kier alpha value is -1.50. The maximum atomic E-state index is 13.5. The van der Waals surface area contributed by atoms with Crippen LogP contribution in [0.2, 0.25) is 0 Å². The van der Waals surface area contributed by atoms with E-state index in [1.165, 1.54) is 19.2 Å². The number of esters is 1. The summed E-state index contributed by atoms with van der Waals surface area (Å²) in [5.74, 6) is -0.551. The van der Waals surface area contributed by atoms with Gasteiger partial charge in [0.1, 0.15) is 5.82 Å². The minimum absolute atomic E-state index is 0.172. The zero-order valence-corrected chi connectivity index (χ0v) is 12.2. The lowest BCUT2D eigenvalue weighted by Crippen LogP contribution is -2.42. The van der Waals surface area contributed by atoms with Gasteiger partial charge in [-0.1, -0.05) is 6.07 Å². The molecule has 6 heteroatoms. The van der Waals surface area contributed by atoms with E-state index in [9.17, 15) is 9.18 Å². The summed E-state index contributed by atoms with van der Waals surface area (Å²) in [6.07, 6.45) is 0.0678. The molecule has 1 unspecified atom stereocenters. The largest absolute Gasteiger partial charge is 0.469 e. The number of hydrogen-bond donors (Lipinski definition) is 1. The van der Waals surface area contributed by atoms with Crippen molar-refractivity contribution in [1.82, 2.24) is 4.90 Å². The summed E-state index contributed by atoms with van der Waals surface area (Å²) in [5.41, 5.74) is 7.23. The van der Waals surface area contributed by atoms with Gasteiger partial charge in [-0.25, -0.2) is 4.39 Å². The Kier molecular flexibility index (Phi) is 5.67. The predicted molar refractivity (Wildman–Crippen MR) is 75.9 cm³/mol. The second-order valence-electron chi connectivity index (χ2n) is 5.18. The van der Waals surface area contributed by atoms with Crippen LogP contribution in [0.1, 0.15) is 17.5 Å². The molecule has 1 aliphatic heterocycles. The maximum Gasteiger partial charge on any atom is 0.308 e. The number of morpholine rings is 1. The summed E-state index contributed by atoms with van der Waals surface area (Å²) in [6, 6.07) is 4.88. The van der Waals surface area contributed by atoms with Crippen LogP contribution >= 0.6 is 0 Å². The van der Waals surface area contributed by atoms with Crippen LogP contribution in [0.25, 0.3) is 0 Å². The summed E-state index contributed by atoms with van der Waals surface area (Å²) >= 11 is 0. The number of ether oxygens (including phenoxy) is 2. The van der Waals surface area contributed by atoms with Gasteiger partial charge in [0.25, 0.3) is 0 Å². The van der Waals surface area contributed by atoms with Gasteiger partial charge < -0.3 is 15.2 Å². The smallest absolute Gasteiger partial charge is 0.308 e. The van der Waals surface area contributed by atoms with Crippen LogP contribution in [0.5, 0.6) is 0 Å². The fraction of sp³-hybridized carbons (Fsp3) is 0.533. The average molecular weight is 296 g/mol. The third-order valence-electron chi connectivity index (χ3n) is 3.50. The zero-order chi connectivity index (χ0) is 15.2. The van der Waals surface area contributed by atoms with Gasteiger partial charge in [0.05, 0.1) is 26.2 Å². The van der Waals surface area contributed by atoms with Crippen molar-refractivity contribution in [2.24, 2.45) is 5.73 Å². The van der Waals surface area contributed by atoms with Crippen molar-refractivity contribution in [3.8, 4) is 0 Å². The summed E-state index contributed by atoms with van der Waals surface area (Å²) in [7, 11) is 1.37. The number of carbonyl (C=O) groups is 1. The van der Waals surface area contributed by atoms with E-state index in [1.54, 1.807) is 0 Å². The van der Waals surface area contributed by atoms with Crippen molar-refractivity contribution in [3.05, 3.63) is 35.1 Å². The van der Waals surface area contributed by atoms with Crippen LogP contribution in [-0.4, -0.2) is 43.8 Å². The second kappa shape index (κ2) is 7.49. The Labute approximate surface area is 123 Å². The van der Waals surface area contributed by atoms with E-state index < -0.39 is 0 Å². The van der Waals surface area contributed by atoms with E-state index in [0.29, 0.717) is 26.2 Å². The van der Waals surface area contributed by atoms with E-state index in [0.717, 1.165) is 17.7 Å². The Morgan fingerprint density at radius 3 is 2.95 bits per heavy atom. The van der Waals surface area contributed by atoms with Crippen molar-refractivity contribution < 1.29 is 18.7 Å². The van der Waals surface area contributed by atoms with Crippen LogP contribution < -0.4 is 5.73 Å². The third-order valence-corrected chi connectivity index (χ3v) is 3.50. The Morgan fingerprint density at radius 1 is 1.48 bits per heavy atom. The molecular formula is C15H21FN2O3. The molecule has 116 valence electrons. The van der Waals surface area contributed by atoms with Gasteiger partial charge in [-0.3, -0.25) is 9.69 Å². The molecule has 0 radical (unpaired) electrons. The van der Waals surface area contributed by atoms with Gasteiger partial charge in [-0.05, 0) is 23.3 Å². The highest BCUT2D eigenvalue weighted by Gasteiger charge is 2.23. The Bertz CT molecular complexity index is 496. The fourth-order valence-corrected chi connectivity index (χ4v) is 2.50. The van der Waals surface area contributed by atoms with Crippen LogP contribution in [-0.2, 0) is 27.4 Å². The van der Waals surface area contributed by atoms with Crippen LogP contribution in [0.3, 0.4) is 0 Å². The SMILES string of the molecule is COC(=O)CC1CN(Cc2cc(F)cc(CN)c2)CCO1. The zero-order valence-electron chi connectivity index (χ0n) is 12.2. The lowest BCUT2D eigenvalue weighted by molar-refractivity contribution is -0.145. The molecule has 1 saturated heterocycles. The minimum Gasteiger partial charge on any atom is -0.469 e. The number of nitrogens with two attached hydrogens (primary N) is 1. The molecule has 2 N–H and O–H groups in total. The van der Waals surface area contributed by atoms with Gasteiger partial charge in [0.2, 0.25) is 0 Å². The number of benzene rings is 1.